The van der Waals surface area contributed by atoms with E-state index in [2.05, 4.69) is 0 Å². The molecule has 2 aromatic rings. The minimum atomic E-state index is -3.33. The van der Waals surface area contributed by atoms with Crippen LogP contribution in [0.4, 0.5) is 0 Å². The highest BCUT2D eigenvalue weighted by Crippen LogP contribution is 2.19. The summed E-state index contributed by atoms with van der Waals surface area (Å²) in [4.78, 5) is 0. The number of benzene rings is 2. The van der Waals surface area contributed by atoms with Gasteiger partial charge in [-0.15, -0.1) is 0 Å². The van der Waals surface area contributed by atoms with Crippen LogP contribution in [0.2, 0.25) is 0 Å². The van der Waals surface area contributed by atoms with Crippen LogP contribution >= 0.6 is 0 Å². The first-order valence-electron chi connectivity index (χ1n) is 7.54. The maximum absolute atomic E-state index is 12.5. The summed E-state index contributed by atoms with van der Waals surface area (Å²) >= 11 is 0. The minimum absolute atomic E-state index is 0.0249. The number of para-hydroxylation sites is 1. The minimum Gasteiger partial charge on any atom is -0.496 e. The molecule has 0 radical (unpaired) electrons. The summed E-state index contributed by atoms with van der Waals surface area (Å²) in [7, 11) is -0.0797. The third kappa shape index (κ3) is 4.81. The number of aryl methyl sites for hydroxylation is 1. The zero-order chi connectivity index (χ0) is 16.9. The van der Waals surface area contributed by atoms with Gasteiger partial charge in [-0.05, 0) is 30.5 Å². The molecule has 0 spiro atoms. The molecule has 0 amide bonds. The number of sulfonamides is 1. The Hall–Kier alpha value is -1.85. The molecule has 124 valence electrons. The summed E-state index contributed by atoms with van der Waals surface area (Å²) < 4.78 is 31.7. The predicted molar refractivity (Wildman–Crippen MR) is 93.1 cm³/mol. The van der Waals surface area contributed by atoms with Gasteiger partial charge in [0.25, 0.3) is 0 Å². The highest BCUT2D eigenvalue weighted by molar-refractivity contribution is 7.88. The second-order valence-electron chi connectivity index (χ2n) is 5.63. The molecule has 5 heteroatoms. The van der Waals surface area contributed by atoms with E-state index in [0.717, 1.165) is 22.4 Å². The molecule has 0 saturated carbocycles. The van der Waals surface area contributed by atoms with E-state index in [1.54, 1.807) is 14.2 Å². The summed E-state index contributed by atoms with van der Waals surface area (Å²) in [5, 5.41) is 0. The SMILES string of the molecule is COc1ccccc1CCN(C)S(=O)(=O)Cc1cccc(C)c1. The van der Waals surface area contributed by atoms with Crippen molar-refractivity contribution >= 4 is 10.0 Å². The smallest absolute Gasteiger partial charge is 0.218 e. The van der Waals surface area contributed by atoms with Crippen molar-refractivity contribution in [2.75, 3.05) is 20.7 Å². The number of hydrogen-bond acceptors (Lipinski definition) is 3. The van der Waals surface area contributed by atoms with E-state index in [0.29, 0.717) is 13.0 Å². The zero-order valence-corrected chi connectivity index (χ0v) is 14.6. The largest absolute Gasteiger partial charge is 0.496 e. The molecular weight excluding hydrogens is 310 g/mol. The lowest BCUT2D eigenvalue weighted by atomic mass is 10.1. The Morgan fingerprint density at radius 2 is 1.83 bits per heavy atom. The number of likely N-dealkylation sites (N-methyl/N-ethyl adjacent to an activating group) is 1. The van der Waals surface area contributed by atoms with Gasteiger partial charge in [-0.25, -0.2) is 12.7 Å². The maximum Gasteiger partial charge on any atom is 0.218 e. The molecule has 23 heavy (non-hydrogen) atoms. The van der Waals surface area contributed by atoms with Crippen LogP contribution in [0.3, 0.4) is 0 Å². The third-order valence-corrected chi connectivity index (χ3v) is 5.63. The highest BCUT2D eigenvalue weighted by atomic mass is 32.2. The molecule has 0 saturated heterocycles. The van der Waals surface area contributed by atoms with Crippen molar-refractivity contribution in [1.82, 2.24) is 4.31 Å². The molecule has 4 nitrogen and oxygen atoms in total. The van der Waals surface area contributed by atoms with Crippen molar-refractivity contribution in [1.29, 1.82) is 0 Å². The van der Waals surface area contributed by atoms with Crippen molar-refractivity contribution in [3.8, 4) is 5.75 Å². The van der Waals surface area contributed by atoms with Gasteiger partial charge in [0.1, 0.15) is 5.75 Å². The lowest BCUT2D eigenvalue weighted by Crippen LogP contribution is -2.30. The fourth-order valence-electron chi connectivity index (χ4n) is 2.45. The van der Waals surface area contributed by atoms with Crippen LogP contribution < -0.4 is 4.74 Å². The van der Waals surface area contributed by atoms with Gasteiger partial charge in [0, 0.05) is 13.6 Å². The monoisotopic (exact) mass is 333 g/mol. The fraction of sp³-hybridized carbons (Fsp3) is 0.333. The van der Waals surface area contributed by atoms with Gasteiger partial charge in [0.15, 0.2) is 0 Å². The second kappa shape index (κ2) is 7.62. The van der Waals surface area contributed by atoms with E-state index in [4.69, 9.17) is 4.74 Å². The molecule has 0 aliphatic rings. The van der Waals surface area contributed by atoms with E-state index in [1.165, 1.54) is 4.31 Å². The summed E-state index contributed by atoms with van der Waals surface area (Å²) in [6.07, 6.45) is 0.619. The van der Waals surface area contributed by atoms with Crippen molar-refractivity contribution in [2.45, 2.75) is 19.1 Å². The first-order valence-corrected chi connectivity index (χ1v) is 9.15. The zero-order valence-electron chi connectivity index (χ0n) is 13.8. The van der Waals surface area contributed by atoms with Crippen LogP contribution in [0.5, 0.6) is 5.75 Å². The number of rotatable bonds is 7. The first-order chi connectivity index (χ1) is 10.9. The van der Waals surface area contributed by atoms with Crippen LogP contribution in [0.1, 0.15) is 16.7 Å². The Labute approximate surface area is 138 Å². The van der Waals surface area contributed by atoms with Crippen LogP contribution in [0, 0.1) is 6.92 Å². The number of ether oxygens (including phenoxy) is 1. The molecule has 0 unspecified atom stereocenters. The number of nitrogens with zero attached hydrogens (tertiary/aromatic N) is 1. The van der Waals surface area contributed by atoms with Crippen LogP contribution in [-0.4, -0.2) is 33.4 Å². The fourth-order valence-corrected chi connectivity index (χ4v) is 3.64. The van der Waals surface area contributed by atoms with Gasteiger partial charge in [0.05, 0.1) is 12.9 Å². The molecule has 0 N–H and O–H groups in total. The third-order valence-electron chi connectivity index (χ3n) is 3.79. The summed E-state index contributed by atoms with van der Waals surface area (Å²) in [5.74, 6) is 0.814. The normalized spacial score (nSPS) is 11.7. The van der Waals surface area contributed by atoms with Crippen molar-refractivity contribution < 1.29 is 13.2 Å². The predicted octanol–water partition coefficient (Wildman–Crippen LogP) is 3.01. The first kappa shape index (κ1) is 17.5. The second-order valence-corrected chi connectivity index (χ2v) is 7.70. The molecule has 0 bridgehead atoms. The van der Waals surface area contributed by atoms with Crippen molar-refractivity contribution in [3.63, 3.8) is 0 Å². The van der Waals surface area contributed by atoms with Crippen molar-refractivity contribution in [2.24, 2.45) is 0 Å². The molecular formula is C18H23NO3S. The Kier molecular flexibility index (Phi) is 5.80. The molecule has 0 aliphatic carbocycles. The molecule has 0 aliphatic heterocycles. The van der Waals surface area contributed by atoms with Crippen LogP contribution in [0.25, 0.3) is 0 Å². The van der Waals surface area contributed by atoms with Crippen LogP contribution in [0.15, 0.2) is 48.5 Å². The summed E-state index contributed by atoms with van der Waals surface area (Å²) in [6.45, 7) is 2.38. The Morgan fingerprint density at radius 1 is 1.09 bits per heavy atom. The van der Waals surface area contributed by atoms with E-state index in [9.17, 15) is 8.42 Å². The molecule has 2 rings (SSSR count). The maximum atomic E-state index is 12.5. The topological polar surface area (TPSA) is 46.6 Å². The highest BCUT2D eigenvalue weighted by Gasteiger charge is 2.18. The standard InChI is InChI=1S/C18H23NO3S/c1-15-7-6-8-16(13-15)14-23(20,21)19(2)12-11-17-9-4-5-10-18(17)22-3/h4-10,13H,11-12,14H2,1-3H3. The Balaban J connectivity index is 2.02. The van der Waals surface area contributed by atoms with Gasteiger partial charge >= 0.3 is 0 Å². The number of methoxy groups -OCH3 is 1. The van der Waals surface area contributed by atoms with E-state index < -0.39 is 10.0 Å². The van der Waals surface area contributed by atoms with E-state index in [1.807, 2.05) is 55.5 Å². The molecule has 0 atom stereocenters. The molecule has 2 aromatic carbocycles. The van der Waals surface area contributed by atoms with Gasteiger partial charge in [-0.3, -0.25) is 0 Å². The van der Waals surface area contributed by atoms with Crippen molar-refractivity contribution in [3.05, 3.63) is 65.2 Å². The lowest BCUT2D eigenvalue weighted by Gasteiger charge is -2.18. The van der Waals surface area contributed by atoms with E-state index >= 15 is 0 Å². The van der Waals surface area contributed by atoms with Gasteiger partial charge in [-0.2, -0.15) is 0 Å². The number of hydrogen-bond donors (Lipinski definition) is 0. The average molecular weight is 333 g/mol. The molecule has 0 aromatic heterocycles. The molecule has 0 fully saturated rings. The lowest BCUT2D eigenvalue weighted by molar-refractivity contribution is 0.405. The summed E-state index contributed by atoms with van der Waals surface area (Å²) in [6, 6.07) is 15.3. The Bertz CT molecular complexity index is 756. The quantitative estimate of drug-likeness (QED) is 0.782. The average Bonchev–Trinajstić information content (AvgIpc) is 2.52. The summed E-state index contributed by atoms with van der Waals surface area (Å²) in [5.41, 5.74) is 2.89. The Morgan fingerprint density at radius 3 is 2.52 bits per heavy atom. The molecule has 0 heterocycles. The van der Waals surface area contributed by atoms with E-state index in [-0.39, 0.29) is 5.75 Å². The van der Waals surface area contributed by atoms with Gasteiger partial charge < -0.3 is 4.74 Å². The van der Waals surface area contributed by atoms with Crippen LogP contribution in [-0.2, 0) is 22.2 Å². The van der Waals surface area contributed by atoms with Gasteiger partial charge in [0.2, 0.25) is 10.0 Å². The van der Waals surface area contributed by atoms with Gasteiger partial charge in [-0.1, -0.05) is 48.0 Å².